The van der Waals surface area contributed by atoms with E-state index in [1.54, 1.807) is 31.2 Å². The molecule has 0 saturated heterocycles. The Balaban J connectivity index is 2.16. The molecule has 132 valence electrons. The highest BCUT2D eigenvalue weighted by atomic mass is 16.5. The summed E-state index contributed by atoms with van der Waals surface area (Å²) >= 11 is 0. The van der Waals surface area contributed by atoms with Gasteiger partial charge in [-0.1, -0.05) is 51.1 Å². The Morgan fingerprint density at radius 3 is 2.28 bits per heavy atom. The summed E-state index contributed by atoms with van der Waals surface area (Å²) in [6, 6.07) is 14.3. The maximum absolute atomic E-state index is 12.5. The van der Waals surface area contributed by atoms with E-state index < -0.39 is 12.0 Å². The van der Waals surface area contributed by atoms with E-state index in [2.05, 4.69) is 26.1 Å². The maximum Gasteiger partial charge on any atom is 0.265 e. The monoisotopic (exact) mass is 340 g/mol. The molecule has 0 aliphatic heterocycles. The molecule has 5 heteroatoms. The number of para-hydroxylation sites is 2. The molecule has 0 radical (unpaired) electrons. The van der Waals surface area contributed by atoms with Gasteiger partial charge in [0.15, 0.2) is 6.10 Å². The molecule has 2 amide bonds. The highest BCUT2D eigenvalue weighted by molar-refractivity contribution is 6.03. The molecule has 0 aliphatic rings. The summed E-state index contributed by atoms with van der Waals surface area (Å²) in [6.45, 7) is 7.93. The van der Waals surface area contributed by atoms with Gasteiger partial charge in [0.25, 0.3) is 11.8 Å². The highest BCUT2D eigenvalue weighted by Crippen LogP contribution is 2.31. The normalized spacial score (nSPS) is 12.3. The fourth-order valence-corrected chi connectivity index (χ4v) is 2.47. The fraction of sp³-hybridized carbons (Fsp3) is 0.300. The van der Waals surface area contributed by atoms with Crippen molar-refractivity contribution < 1.29 is 14.3 Å². The van der Waals surface area contributed by atoms with Crippen LogP contribution in [-0.2, 0) is 10.2 Å². The molecular formula is C20H24N2O3. The van der Waals surface area contributed by atoms with Crippen molar-refractivity contribution in [1.82, 2.24) is 0 Å². The highest BCUT2D eigenvalue weighted by Gasteiger charge is 2.22. The zero-order valence-electron chi connectivity index (χ0n) is 15.0. The third-order valence-electron chi connectivity index (χ3n) is 3.82. The Morgan fingerprint density at radius 2 is 1.64 bits per heavy atom. The van der Waals surface area contributed by atoms with E-state index in [1.165, 1.54) is 0 Å². The van der Waals surface area contributed by atoms with Crippen LogP contribution in [-0.4, -0.2) is 17.9 Å². The van der Waals surface area contributed by atoms with Gasteiger partial charge in [0.2, 0.25) is 0 Å². The van der Waals surface area contributed by atoms with E-state index in [4.69, 9.17) is 10.5 Å². The summed E-state index contributed by atoms with van der Waals surface area (Å²) in [7, 11) is 0. The number of carbonyl (C=O) groups excluding carboxylic acids is 2. The van der Waals surface area contributed by atoms with Crippen LogP contribution in [0.5, 0.6) is 5.75 Å². The lowest BCUT2D eigenvalue weighted by molar-refractivity contribution is -0.122. The molecule has 1 atom stereocenters. The Kier molecular flexibility index (Phi) is 5.47. The molecule has 5 nitrogen and oxygen atoms in total. The van der Waals surface area contributed by atoms with Crippen LogP contribution in [0.1, 0.15) is 43.6 Å². The van der Waals surface area contributed by atoms with Crippen LogP contribution in [0.4, 0.5) is 5.69 Å². The number of anilines is 1. The molecule has 0 bridgehead atoms. The van der Waals surface area contributed by atoms with Crippen molar-refractivity contribution in [1.29, 1.82) is 0 Å². The summed E-state index contributed by atoms with van der Waals surface area (Å²) in [5, 5.41) is 2.71. The van der Waals surface area contributed by atoms with Crippen LogP contribution in [0.25, 0.3) is 0 Å². The summed E-state index contributed by atoms with van der Waals surface area (Å²) in [5.74, 6) is -0.277. The summed E-state index contributed by atoms with van der Waals surface area (Å²) in [4.78, 5) is 23.9. The van der Waals surface area contributed by atoms with Crippen LogP contribution in [0, 0.1) is 0 Å². The predicted octanol–water partition coefficient (Wildman–Crippen LogP) is 3.49. The van der Waals surface area contributed by atoms with Crippen LogP contribution in [0.15, 0.2) is 48.5 Å². The number of hydrogen-bond acceptors (Lipinski definition) is 3. The topological polar surface area (TPSA) is 81.4 Å². The predicted molar refractivity (Wildman–Crippen MR) is 98.8 cm³/mol. The summed E-state index contributed by atoms with van der Waals surface area (Å²) in [6.07, 6.45) is -0.732. The standard InChI is InChI=1S/C20H24N2O3/c1-13(25-17-12-8-6-10-15(17)20(2,3)4)19(24)22-16-11-7-5-9-14(16)18(21)23/h5-13H,1-4H3,(H2,21,23)(H,22,24). The van der Waals surface area contributed by atoms with E-state index in [0.29, 0.717) is 11.4 Å². The molecule has 0 fully saturated rings. The molecule has 0 saturated carbocycles. The Hall–Kier alpha value is -2.82. The number of ether oxygens (including phenoxy) is 1. The van der Waals surface area contributed by atoms with Crippen LogP contribution in [0.2, 0.25) is 0 Å². The number of hydrogen-bond donors (Lipinski definition) is 2. The number of primary amides is 1. The second-order valence-corrected chi connectivity index (χ2v) is 6.91. The van der Waals surface area contributed by atoms with Crippen molar-refractivity contribution in [3.8, 4) is 5.75 Å². The van der Waals surface area contributed by atoms with Gasteiger partial charge in [-0.25, -0.2) is 0 Å². The summed E-state index contributed by atoms with van der Waals surface area (Å²) < 4.78 is 5.88. The lowest BCUT2D eigenvalue weighted by atomic mass is 9.86. The van der Waals surface area contributed by atoms with Crippen molar-refractivity contribution in [2.75, 3.05) is 5.32 Å². The second-order valence-electron chi connectivity index (χ2n) is 6.91. The van der Waals surface area contributed by atoms with Gasteiger partial charge < -0.3 is 15.8 Å². The first-order chi connectivity index (χ1) is 11.7. The van der Waals surface area contributed by atoms with Crippen molar-refractivity contribution in [3.05, 3.63) is 59.7 Å². The van der Waals surface area contributed by atoms with Gasteiger partial charge in [0.1, 0.15) is 5.75 Å². The first-order valence-electron chi connectivity index (χ1n) is 8.16. The average Bonchev–Trinajstić information content (AvgIpc) is 2.54. The van der Waals surface area contributed by atoms with Gasteiger partial charge in [-0.2, -0.15) is 0 Å². The van der Waals surface area contributed by atoms with Crippen LogP contribution in [0.3, 0.4) is 0 Å². The quantitative estimate of drug-likeness (QED) is 0.874. The van der Waals surface area contributed by atoms with Gasteiger partial charge in [-0.15, -0.1) is 0 Å². The first-order valence-corrected chi connectivity index (χ1v) is 8.16. The largest absolute Gasteiger partial charge is 0.481 e. The lowest BCUT2D eigenvalue weighted by Gasteiger charge is -2.24. The first kappa shape index (κ1) is 18.5. The third-order valence-corrected chi connectivity index (χ3v) is 3.82. The van der Waals surface area contributed by atoms with E-state index >= 15 is 0 Å². The average molecular weight is 340 g/mol. The smallest absolute Gasteiger partial charge is 0.265 e. The number of amides is 2. The molecule has 2 aromatic rings. The number of nitrogens with one attached hydrogen (secondary N) is 1. The van der Waals surface area contributed by atoms with Crippen molar-refractivity contribution in [3.63, 3.8) is 0 Å². The fourth-order valence-electron chi connectivity index (χ4n) is 2.47. The minimum absolute atomic E-state index is 0.106. The zero-order valence-corrected chi connectivity index (χ0v) is 15.0. The molecule has 25 heavy (non-hydrogen) atoms. The molecule has 2 rings (SSSR count). The zero-order chi connectivity index (χ0) is 18.6. The number of nitrogens with two attached hydrogens (primary N) is 1. The molecule has 1 unspecified atom stereocenters. The Morgan fingerprint density at radius 1 is 1.04 bits per heavy atom. The number of benzene rings is 2. The van der Waals surface area contributed by atoms with Crippen LogP contribution < -0.4 is 15.8 Å². The van der Waals surface area contributed by atoms with Crippen LogP contribution >= 0.6 is 0 Å². The van der Waals surface area contributed by atoms with E-state index in [9.17, 15) is 9.59 Å². The minimum Gasteiger partial charge on any atom is -0.481 e. The molecule has 2 aromatic carbocycles. The van der Waals surface area contributed by atoms with Crippen molar-refractivity contribution >= 4 is 17.5 Å². The van der Waals surface area contributed by atoms with E-state index in [0.717, 1.165) is 5.56 Å². The summed E-state index contributed by atoms with van der Waals surface area (Å²) in [5.41, 5.74) is 6.89. The molecule has 0 aromatic heterocycles. The van der Waals surface area contributed by atoms with Gasteiger partial charge in [0.05, 0.1) is 11.3 Å². The number of carbonyl (C=O) groups is 2. The van der Waals surface area contributed by atoms with Gasteiger partial charge in [-0.3, -0.25) is 9.59 Å². The maximum atomic E-state index is 12.5. The Bertz CT molecular complexity index is 779. The van der Waals surface area contributed by atoms with Crippen molar-refractivity contribution in [2.45, 2.75) is 39.2 Å². The molecule has 0 spiro atoms. The van der Waals surface area contributed by atoms with Crippen molar-refractivity contribution in [2.24, 2.45) is 5.73 Å². The number of rotatable bonds is 5. The minimum atomic E-state index is -0.732. The van der Waals surface area contributed by atoms with E-state index in [1.807, 2.05) is 24.3 Å². The third kappa shape index (κ3) is 4.59. The van der Waals surface area contributed by atoms with E-state index in [-0.39, 0.29) is 16.9 Å². The van der Waals surface area contributed by atoms with Gasteiger partial charge in [-0.05, 0) is 36.1 Å². The SMILES string of the molecule is CC(Oc1ccccc1C(C)(C)C)C(=O)Nc1ccccc1C(N)=O. The molecule has 0 heterocycles. The molecular weight excluding hydrogens is 316 g/mol. The molecule has 3 N–H and O–H groups in total. The molecule has 0 aliphatic carbocycles. The second kappa shape index (κ2) is 7.38. The Labute approximate surface area is 148 Å². The van der Waals surface area contributed by atoms with Gasteiger partial charge >= 0.3 is 0 Å². The lowest BCUT2D eigenvalue weighted by Crippen LogP contribution is -2.31. The van der Waals surface area contributed by atoms with Gasteiger partial charge in [0, 0.05) is 0 Å².